The molecular formula is C17H22N2O5S2. The van der Waals surface area contributed by atoms with Gasteiger partial charge in [0.15, 0.2) is 0 Å². The van der Waals surface area contributed by atoms with Crippen LogP contribution in [-0.2, 0) is 25.5 Å². The molecule has 0 amide bonds. The molecule has 0 heterocycles. The summed E-state index contributed by atoms with van der Waals surface area (Å²) >= 11 is 0. The number of nitrogens with one attached hydrogen (secondary N) is 1. The van der Waals surface area contributed by atoms with Gasteiger partial charge in [0, 0.05) is 0 Å². The second-order valence-corrected chi connectivity index (χ2v) is 10.0. The smallest absolute Gasteiger partial charge is 0.262 e. The maximum absolute atomic E-state index is 12.6. The van der Waals surface area contributed by atoms with Crippen LogP contribution in [0.5, 0.6) is 5.75 Å². The second-order valence-electron chi connectivity index (χ2n) is 6.79. The molecule has 9 heteroatoms. The van der Waals surface area contributed by atoms with Gasteiger partial charge in [0.2, 0.25) is 10.0 Å². The fourth-order valence-corrected chi connectivity index (χ4v) is 3.84. The van der Waals surface area contributed by atoms with Gasteiger partial charge in [-0.3, -0.25) is 4.72 Å². The van der Waals surface area contributed by atoms with Crippen molar-refractivity contribution >= 4 is 25.7 Å². The van der Waals surface area contributed by atoms with E-state index in [1.54, 1.807) is 12.1 Å². The zero-order valence-corrected chi connectivity index (χ0v) is 16.6. The molecule has 0 aliphatic heterocycles. The molecule has 142 valence electrons. The monoisotopic (exact) mass is 398 g/mol. The number of hydrogen-bond acceptors (Lipinski definition) is 5. The van der Waals surface area contributed by atoms with Gasteiger partial charge in [0.1, 0.15) is 5.75 Å². The lowest BCUT2D eigenvalue weighted by molar-refractivity contribution is 0.416. The van der Waals surface area contributed by atoms with E-state index in [9.17, 15) is 16.8 Å². The van der Waals surface area contributed by atoms with Gasteiger partial charge in [-0.05, 0) is 47.4 Å². The Morgan fingerprint density at radius 1 is 0.923 bits per heavy atom. The summed E-state index contributed by atoms with van der Waals surface area (Å²) in [5.74, 6) is 0.378. The molecule has 3 N–H and O–H groups in total. The number of benzene rings is 2. The van der Waals surface area contributed by atoms with Crippen molar-refractivity contribution in [2.75, 3.05) is 11.8 Å². The molecule has 0 saturated heterocycles. The van der Waals surface area contributed by atoms with Crippen LogP contribution in [-0.4, -0.2) is 23.9 Å². The molecule has 0 aliphatic rings. The molecular weight excluding hydrogens is 376 g/mol. The molecule has 0 spiro atoms. The number of rotatable bonds is 5. The summed E-state index contributed by atoms with van der Waals surface area (Å²) in [4.78, 5) is -0.253. The van der Waals surface area contributed by atoms with E-state index in [4.69, 9.17) is 9.88 Å². The predicted octanol–water partition coefficient (Wildman–Crippen LogP) is 2.44. The summed E-state index contributed by atoms with van der Waals surface area (Å²) in [5.41, 5.74) is 1.06. The zero-order valence-electron chi connectivity index (χ0n) is 15.0. The number of hydrogen-bond donors (Lipinski definition) is 2. The highest BCUT2D eigenvalue weighted by Gasteiger charge is 2.21. The minimum absolute atomic E-state index is 0.0897. The summed E-state index contributed by atoms with van der Waals surface area (Å²) in [5, 5.41) is 5.03. The van der Waals surface area contributed by atoms with Crippen molar-refractivity contribution in [3.05, 3.63) is 48.0 Å². The molecule has 0 radical (unpaired) electrons. The second kappa shape index (κ2) is 6.90. The minimum atomic E-state index is -3.94. The first-order valence-electron chi connectivity index (χ1n) is 7.69. The van der Waals surface area contributed by atoms with Gasteiger partial charge in [0.05, 0.1) is 22.6 Å². The van der Waals surface area contributed by atoms with Gasteiger partial charge < -0.3 is 4.74 Å². The molecule has 2 rings (SSSR count). The molecule has 0 atom stereocenters. The predicted molar refractivity (Wildman–Crippen MR) is 100 cm³/mol. The molecule has 0 bridgehead atoms. The van der Waals surface area contributed by atoms with E-state index in [0.29, 0.717) is 11.4 Å². The number of anilines is 1. The lowest BCUT2D eigenvalue weighted by atomic mass is 9.87. The van der Waals surface area contributed by atoms with Crippen LogP contribution in [0.15, 0.2) is 52.3 Å². The molecule has 0 aromatic heterocycles. The fraction of sp³-hybridized carbons (Fsp3) is 0.294. The van der Waals surface area contributed by atoms with Gasteiger partial charge in [-0.25, -0.2) is 22.0 Å². The summed E-state index contributed by atoms with van der Waals surface area (Å²) in [6.07, 6.45) is 0. The Balaban J connectivity index is 2.43. The van der Waals surface area contributed by atoms with Crippen molar-refractivity contribution in [1.29, 1.82) is 0 Å². The molecule has 0 fully saturated rings. The van der Waals surface area contributed by atoms with Gasteiger partial charge in [-0.1, -0.05) is 26.8 Å². The van der Waals surface area contributed by atoms with Crippen molar-refractivity contribution in [2.24, 2.45) is 5.14 Å². The molecule has 2 aromatic rings. The van der Waals surface area contributed by atoms with Crippen molar-refractivity contribution in [2.45, 2.75) is 36.0 Å². The quantitative estimate of drug-likeness (QED) is 0.802. The third-order valence-electron chi connectivity index (χ3n) is 3.77. The zero-order chi connectivity index (χ0) is 19.8. The highest BCUT2D eigenvalue weighted by molar-refractivity contribution is 7.92. The van der Waals surface area contributed by atoms with Crippen LogP contribution in [0.1, 0.15) is 26.3 Å². The van der Waals surface area contributed by atoms with E-state index in [1.807, 2.05) is 26.8 Å². The Morgan fingerprint density at radius 3 is 1.92 bits per heavy atom. The van der Waals surface area contributed by atoms with Crippen molar-refractivity contribution in [3.63, 3.8) is 0 Å². The van der Waals surface area contributed by atoms with Crippen LogP contribution in [0.4, 0.5) is 5.69 Å². The van der Waals surface area contributed by atoms with Crippen molar-refractivity contribution in [1.82, 2.24) is 0 Å². The summed E-state index contributed by atoms with van der Waals surface area (Å²) in [6.45, 7) is 6.04. The number of primary sulfonamides is 1. The first kappa shape index (κ1) is 20.2. The first-order chi connectivity index (χ1) is 11.8. The van der Waals surface area contributed by atoms with Crippen LogP contribution in [0.2, 0.25) is 0 Å². The van der Waals surface area contributed by atoms with Crippen LogP contribution >= 0.6 is 0 Å². The standard InChI is InChI=1S/C17H22N2O5S2/c1-17(2,3)12-5-10-16(24-4)15(11-12)19-26(22,23)14-8-6-13(7-9-14)25(18,20)21/h5-11,19H,1-4H3,(H2,18,20,21). The van der Waals surface area contributed by atoms with E-state index in [2.05, 4.69) is 4.72 Å². The Kier molecular flexibility index (Phi) is 5.36. The van der Waals surface area contributed by atoms with Crippen LogP contribution in [0.3, 0.4) is 0 Å². The molecule has 0 aliphatic carbocycles. The maximum Gasteiger partial charge on any atom is 0.262 e. The van der Waals surface area contributed by atoms with E-state index >= 15 is 0 Å². The fourth-order valence-electron chi connectivity index (χ4n) is 2.27. The maximum atomic E-state index is 12.6. The average Bonchev–Trinajstić information content (AvgIpc) is 2.53. The first-order valence-corrected chi connectivity index (χ1v) is 10.7. The van der Waals surface area contributed by atoms with E-state index in [-0.39, 0.29) is 15.2 Å². The Morgan fingerprint density at radius 2 is 1.46 bits per heavy atom. The molecule has 26 heavy (non-hydrogen) atoms. The van der Waals surface area contributed by atoms with Gasteiger partial charge >= 0.3 is 0 Å². The van der Waals surface area contributed by atoms with E-state index < -0.39 is 20.0 Å². The Bertz CT molecular complexity index is 1010. The van der Waals surface area contributed by atoms with Crippen LogP contribution in [0, 0.1) is 0 Å². The average molecular weight is 399 g/mol. The van der Waals surface area contributed by atoms with E-state index in [0.717, 1.165) is 17.7 Å². The normalized spacial score (nSPS) is 12.7. The molecule has 0 saturated carbocycles. The molecule has 2 aromatic carbocycles. The molecule has 7 nitrogen and oxygen atoms in total. The Hall–Kier alpha value is -2.10. The van der Waals surface area contributed by atoms with Crippen molar-refractivity contribution < 1.29 is 21.6 Å². The van der Waals surface area contributed by atoms with Gasteiger partial charge in [0.25, 0.3) is 10.0 Å². The highest BCUT2D eigenvalue weighted by Crippen LogP contribution is 2.32. The van der Waals surface area contributed by atoms with Gasteiger partial charge in [-0.15, -0.1) is 0 Å². The van der Waals surface area contributed by atoms with Crippen molar-refractivity contribution in [3.8, 4) is 5.75 Å². The highest BCUT2D eigenvalue weighted by atomic mass is 32.2. The lowest BCUT2D eigenvalue weighted by Gasteiger charge is -2.21. The number of nitrogens with two attached hydrogens (primary N) is 1. The van der Waals surface area contributed by atoms with Crippen LogP contribution in [0.25, 0.3) is 0 Å². The third kappa shape index (κ3) is 4.54. The van der Waals surface area contributed by atoms with Gasteiger partial charge in [-0.2, -0.15) is 0 Å². The summed E-state index contributed by atoms with van der Waals surface area (Å²) in [6, 6.07) is 9.94. The summed E-state index contributed by atoms with van der Waals surface area (Å²) < 4.78 is 55.6. The number of ether oxygens (including phenoxy) is 1. The lowest BCUT2D eigenvalue weighted by Crippen LogP contribution is -2.17. The molecule has 0 unspecified atom stereocenters. The number of sulfonamides is 2. The summed E-state index contributed by atoms with van der Waals surface area (Å²) in [7, 11) is -6.38. The van der Waals surface area contributed by atoms with Crippen LogP contribution < -0.4 is 14.6 Å². The Labute approximate surface area is 154 Å². The third-order valence-corrected chi connectivity index (χ3v) is 6.08. The number of methoxy groups -OCH3 is 1. The SMILES string of the molecule is COc1ccc(C(C)(C)C)cc1NS(=O)(=O)c1ccc(S(N)(=O)=O)cc1. The van der Waals surface area contributed by atoms with E-state index in [1.165, 1.54) is 19.2 Å². The largest absolute Gasteiger partial charge is 0.495 e. The topological polar surface area (TPSA) is 116 Å². The minimum Gasteiger partial charge on any atom is -0.495 e.